The van der Waals surface area contributed by atoms with Crippen LogP contribution < -0.4 is 0 Å². The average molecular weight is 914 g/mol. The van der Waals surface area contributed by atoms with Crippen molar-refractivity contribution in [1.29, 1.82) is 0 Å². The summed E-state index contributed by atoms with van der Waals surface area (Å²) in [6, 6.07) is 53.7. The van der Waals surface area contributed by atoms with Gasteiger partial charge < -0.3 is 9.55 Å². The molecule has 0 saturated heterocycles. The van der Waals surface area contributed by atoms with Crippen molar-refractivity contribution in [2.24, 2.45) is 0 Å². The number of rotatable bonds is 5. The van der Waals surface area contributed by atoms with Crippen LogP contribution in [0.25, 0.3) is 71.7 Å². The maximum Gasteiger partial charge on any atom is 0.0774 e. The predicted molar refractivity (Wildman–Crippen MR) is 228 cm³/mol. The maximum absolute atomic E-state index is 7.28. The van der Waals surface area contributed by atoms with Crippen molar-refractivity contribution in [2.75, 3.05) is 0 Å². The Morgan fingerprint density at radius 3 is 1.98 bits per heavy atom. The molecule has 9 aromatic rings. The van der Waals surface area contributed by atoms with Crippen LogP contribution in [-0.2, 0) is 25.5 Å². The van der Waals surface area contributed by atoms with Crippen molar-refractivity contribution in [2.45, 2.75) is 39.9 Å². The van der Waals surface area contributed by atoms with Crippen LogP contribution in [0.4, 0.5) is 0 Å². The summed E-state index contributed by atoms with van der Waals surface area (Å²) in [7, 11) is 0. The van der Waals surface area contributed by atoms with Gasteiger partial charge in [0.25, 0.3) is 0 Å². The van der Waals surface area contributed by atoms with E-state index in [2.05, 4.69) is 163 Å². The van der Waals surface area contributed by atoms with Gasteiger partial charge in [0.15, 0.2) is 0 Å². The first kappa shape index (κ1) is 30.8. The van der Waals surface area contributed by atoms with E-state index in [1.165, 1.54) is 62.3 Å². The van der Waals surface area contributed by atoms with Crippen molar-refractivity contribution < 1.29 is 28.3 Å². The van der Waals surface area contributed by atoms with Gasteiger partial charge in [-0.25, -0.2) is 0 Å². The Balaban J connectivity index is 0.000000226. The van der Waals surface area contributed by atoms with Gasteiger partial charge in [-0.3, -0.25) is 16.3 Å². The monoisotopic (exact) mass is 914 g/mol. The van der Waals surface area contributed by atoms with Gasteiger partial charge in [-0.2, -0.15) is 0 Å². The van der Waals surface area contributed by atoms with Crippen LogP contribution in [0.5, 0.6) is 0 Å². The summed E-state index contributed by atoms with van der Waals surface area (Å²) in [6.45, 7) is 2.46. The Bertz CT molecular complexity index is 2800. The maximum atomic E-state index is 7.28. The van der Waals surface area contributed by atoms with Gasteiger partial charge in [-0.05, 0) is 46.8 Å². The smallest absolute Gasteiger partial charge is 0.0774 e. The van der Waals surface area contributed by atoms with Crippen molar-refractivity contribution >= 4 is 32.5 Å². The third kappa shape index (κ3) is 7.88. The number of fused-ring (bicyclic) bond motifs is 2. The molecule has 55 heavy (non-hydrogen) atoms. The van der Waals surface area contributed by atoms with Crippen molar-refractivity contribution in [1.82, 2.24) is 14.5 Å². The van der Waals surface area contributed by atoms with Crippen molar-refractivity contribution in [3.05, 3.63) is 186 Å². The number of nitrogens with zero attached hydrogens (tertiary/aromatic N) is 3. The Labute approximate surface area is 350 Å². The van der Waals surface area contributed by atoms with E-state index in [0.717, 1.165) is 28.1 Å². The average Bonchev–Trinajstić information content (AvgIpc) is 3.85. The summed E-state index contributed by atoms with van der Waals surface area (Å²) in [5, 5.41) is 4.86. The molecule has 0 fully saturated rings. The van der Waals surface area contributed by atoms with E-state index >= 15 is 0 Å². The summed E-state index contributed by atoms with van der Waals surface area (Å²) < 4.78 is 47.2. The zero-order valence-electron chi connectivity index (χ0n) is 36.6. The fraction of sp³-hybridized carbons (Fsp3) is 0.120. The second-order valence-corrected chi connectivity index (χ2v) is 15.0. The van der Waals surface area contributed by atoms with Gasteiger partial charge in [-0.1, -0.05) is 164 Å². The van der Waals surface area contributed by atoms with E-state index in [0.29, 0.717) is 11.3 Å². The molecule has 0 aliphatic carbocycles. The predicted octanol–water partition coefficient (Wildman–Crippen LogP) is 13.5. The molecule has 5 heteroatoms. The summed E-state index contributed by atoms with van der Waals surface area (Å²) in [5.41, 5.74) is 11.8. The topological polar surface area (TPSA) is 30.7 Å². The van der Waals surface area contributed by atoms with Gasteiger partial charge in [0, 0.05) is 45.7 Å². The number of hydrogen-bond donors (Lipinski definition) is 0. The van der Waals surface area contributed by atoms with Crippen LogP contribution >= 0.6 is 11.3 Å². The molecule has 0 spiro atoms. The van der Waals surface area contributed by atoms with E-state index in [-0.39, 0.29) is 36.6 Å². The molecule has 3 aromatic heterocycles. The molecule has 0 N–H and O–H groups in total. The fourth-order valence-electron chi connectivity index (χ4n) is 6.65. The van der Waals surface area contributed by atoms with Crippen LogP contribution in [0, 0.1) is 25.2 Å². The molecule has 0 saturated carbocycles. The van der Waals surface area contributed by atoms with E-state index in [1.54, 1.807) is 23.5 Å². The second-order valence-electron chi connectivity index (χ2n) is 14.2. The molecule has 0 unspecified atom stereocenters. The molecule has 6 aromatic carbocycles. The molecule has 0 amide bonds. The molecule has 273 valence electrons. The summed E-state index contributed by atoms with van der Waals surface area (Å²) in [6.07, 6.45) is 1.30. The van der Waals surface area contributed by atoms with E-state index < -0.39 is 13.7 Å². The van der Waals surface area contributed by atoms with Gasteiger partial charge in [0.1, 0.15) is 0 Å². The first-order valence-electron chi connectivity index (χ1n) is 20.8. The first-order valence-corrected chi connectivity index (χ1v) is 18.6. The molecule has 0 aliphatic rings. The second kappa shape index (κ2) is 16.1. The quantitative estimate of drug-likeness (QED) is 0.161. The number of aryl methyl sites for hydroxylation is 2. The van der Waals surface area contributed by atoms with Gasteiger partial charge in [0.2, 0.25) is 0 Å². The summed E-state index contributed by atoms with van der Waals surface area (Å²) in [5.74, 6) is 0.916. The summed E-state index contributed by atoms with van der Waals surface area (Å²) >= 11 is 1.66. The Hall–Kier alpha value is -5.45. The molecule has 0 atom stereocenters. The number of imidazole rings is 1. The van der Waals surface area contributed by atoms with Crippen LogP contribution in [-0.4, -0.2) is 14.5 Å². The van der Waals surface area contributed by atoms with Crippen molar-refractivity contribution in [3.63, 3.8) is 0 Å². The number of para-hydroxylation sites is 3. The van der Waals surface area contributed by atoms with Crippen LogP contribution in [0.3, 0.4) is 0 Å². The van der Waals surface area contributed by atoms with Gasteiger partial charge in [0.05, 0.1) is 22.5 Å². The van der Waals surface area contributed by atoms with E-state index in [9.17, 15) is 0 Å². The molecule has 0 aliphatic heterocycles. The zero-order chi connectivity index (χ0) is 42.2. The molecule has 3 nitrogen and oxygen atoms in total. The van der Waals surface area contributed by atoms with Crippen LogP contribution in [0.1, 0.15) is 45.7 Å². The van der Waals surface area contributed by atoms with Gasteiger partial charge >= 0.3 is 0 Å². The normalized spacial score (nSPS) is 13.3. The molecular weight excluding hydrogens is 867 g/mol. The standard InChI is InChI=1S/C37H29N2S.C13H12N.Ir/c1-37(2,3)27-21-22-34-30(23-27)31(24-40-34)36-38-32-19-10-11-20-33(32)39(36)35-28(25-13-6-4-7-14-25)17-12-18-29(35)26-15-8-5-9-16-26;1-10-3-6-12(7-4-10)13-8-5-11(2)9-14-13;/h4-23H,1-3H3;3-6,8-9H,1-2H3;/q2*-1;/i;1D3,2D3;. The Morgan fingerprint density at radius 2 is 1.36 bits per heavy atom. The minimum Gasteiger partial charge on any atom is -0.332 e. The first-order chi connectivity index (χ1) is 28.7. The number of aromatic nitrogens is 3. The molecule has 0 bridgehead atoms. The summed E-state index contributed by atoms with van der Waals surface area (Å²) in [4.78, 5) is 9.36. The van der Waals surface area contributed by atoms with Gasteiger partial charge in [-0.15, -0.1) is 46.8 Å². The third-order valence-corrected chi connectivity index (χ3v) is 10.3. The molecule has 3 heterocycles. The van der Waals surface area contributed by atoms with E-state index in [1.807, 2.05) is 0 Å². The van der Waals surface area contributed by atoms with E-state index in [4.69, 9.17) is 13.2 Å². The molecule has 1 radical (unpaired) electrons. The Kier molecular flexibility index (Phi) is 9.03. The van der Waals surface area contributed by atoms with Crippen molar-refractivity contribution in [3.8, 4) is 50.6 Å². The third-order valence-electron chi connectivity index (χ3n) is 9.44. The number of pyridine rings is 1. The zero-order valence-corrected chi connectivity index (χ0v) is 33.8. The number of hydrogen-bond acceptors (Lipinski definition) is 3. The number of thiophene rings is 1. The minimum atomic E-state index is -2.18. The number of benzene rings is 6. The minimum absolute atomic E-state index is 0. The largest absolute Gasteiger partial charge is 0.332 e. The van der Waals surface area contributed by atoms with Crippen LogP contribution in [0.15, 0.2) is 158 Å². The molecular formula is C50H41IrN3S-2. The fourth-order valence-corrected chi connectivity index (χ4v) is 7.47. The molecule has 9 rings (SSSR count). The Morgan fingerprint density at radius 1 is 0.691 bits per heavy atom. The van der Waals surface area contributed by atoms with Crippen LogP contribution in [0.2, 0.25) is 0 Å². The SMILES string of the molecule is CC(C)(C)c1ccc2s[c-]c(-c3nc4ccccc4n3-c3c(-c4ccccc4)cccc3-c3ccccc3)c2c1.[2H]C([2H])([2H])c1c[c-]c(-c2ccc(C([2H])([2H])[2H])cn2)cc1.[Ir].